The predicted molar refractivity (Wildman–Crippen MR) is 118 cm³/mol. The summed E-state index contributed by atoms with van der Waals surface area (Å²) in [5.41, 5.74) is 11.0. The van der Waals surface area contributed by atoms with Gasteiger partial charge >= 0.3 is 0 Å². The largest absolute Gasteiger partial charge is 0.366 e. The lowest BCUT2D eigenvalue weighted by Gasteiger charge is -2.61. The highest BCUT2D eigenvalue weighted by molar-refractivity contribution is 5.97. The van der Waals surface area contributed by atoms with Crippen molar-refractivity contribution in [1.29, 1.82) is 0 Å². The quantitative estimate of drug-likeness (QED) is 0.831. The van der Waals surface area contributed by atoms with E-state index in [4.69, 9.17) is 5.73 Å². The zero-order chi connectivity index (χ0) is 21.3. The Morgan fingerprint density at radius 2 is 1.97 bits per heavy atom. The van der Waals surface area contributed by atoms with Crippen LogP contribution in [0.1, 0.15) is 64.6 Å². The summed E-state index contributed by atoms with van der Waals surface area (Å²) in [5.74, 6) is -0.338. The normalized spacial score (nSPS) is 25.6. The number of rotatable bonds is 2. The molecular weight excluding hydrogens is 374 g/mol. The number of amides is 2. The number of aliphatic imine (C=N–C) groups is 1. The second-order valence-electron chi connectivity index (χ2n) is 9.58. The van der Waals surface area contributed by atoms with Crippen LogP contribution in [0.5, 0.6) is 0 Å². The third-order valence-electron chi connectivity index (χ3n) is 8.05. The fourth-order valence-electron chi connectivity index (χ4n) is 5.83. The molecule has 2 aromatic carbocycles. The van der Waals surface area contributed by atoms with E-state index in [1.807, 2.05) is 41.4 Å². The van der Waals surface area contributed by atoms with E-state index in [0.717, 1.165) is 29.7 Å². The third kappa shape index (κ3) is 2.44. The summed E-state index contributed by atoms with van der Waals surface area (Å²) in [6.07, 6.45) is 4.17. The first-order valence-corrected chi connectivity index (χ1v) is 10.6. The fourth-order valence-corrected chi connectivity index (χ4v) is 5.83. The van der Waals surface area contributed by atoms with Crippen LogP contribution in [0.2, 0.25) is 0 Å². The van der Waals surface area contributed by atoms with Gasteiger partial charge in [0.2, 0.25) is 5.91 Å². The second-order valence-corrected chi connectivity index (χ2v) is 9.58. The van der Waals surface area contributed by atoms with Crippen LogP contribution in [0.3, 0.4) is 0 Å². The van der Waals surface area contributed by atoms with Gasteiger partial charge in [0.15, 0.2) is 0 Å². The molecule has 1 fully saturated rings. The molecule has 5 nitrogen and oxygen atoms in total. The number of nitrogens with two attached hydrogens (primary N) is 1. The van der Waals surface area contributed by atoms with Gasteiger partial charge in [0.1, 0.15) is 0 Å². The molecule has 2 N–H and O–H groups in total. The van der Waals surface area contributed by atoms with Gasteiger partial charge in [-0.3, -0.25) is 14.6 Å². The van der Waals surface area contributed by atoms with E-state index in [1.54, 1.807) is 0 Å². The standard InChI is InChI=1S/C25H27N3O2/c1-24(2)21-14-18-17(22(26)29)5-4-6-19(18)25(24,3)10-12-28(21)23(30)16-7-8-20-15(13-16)9-11-27-20/h4-8,11,13,21H,9-10,12,14H2,1-3H3,(H2,26,29)/t21-,25+/m1/s1. The van der Waals surface area contributed by atoms with E-state index in [9.17, 15) is 9.59 Å². The van der Waals surface area contributed by atoms with Gasteiger partial charge in [-0.1, -0.05) is 32.9 Å². The minimum atomic E-state index is -0.398. The lowest BCUT2D eigenvalue weighted by atomic mass is 9.50. The first-order valence-electron chi connectivity index (χ1n) is 10.6. The maximum absolute atomic E-state index is 13.6. The Kier molecular flexibility index (Phi) is 3.98. The zero-order valence-corrected chi connectivity index (χ0v) is 17.7. The van der Waals surface area contributed by atoms with Crippen LogP contribution < -0.4 is 5.73 Å². The lowest BCUT2D eigenvalue weighted by molar-refractivity contribution is -0.0263. The number of nitrogens with zero attached hydrogens (tertiary/aromatic N) is 2. The number of benzene rings is 2. The van der Waals surface area contributed by atoms with Crippen molar-refractivity contribution < 1.29 is 9.59 Å². The van der Waals surface area contributed by atoms with Crippen LogP contribution >= 0.6 is 0 Å². The molecule has 154 valence electrons. The summed E-state index contributed by atoms with van der Waals surface area (Å²) in [7, 11) is 0. The molecule has 2 bridgehead atoms. The van der Waals surface area contributed by atoms with Crippen molar-refractivity contribution >= 4 is 23.7 Å². The summed E-state index contributed by atoms with van der Waals surface area (Å²) in [6.45, 7) is 7.50. The highest BCUT2D eigenvalue weighted by Crippen LogP contribution is 2.56. The van der Waals surface area contributed by atoms with Gasteiger partial charge in [-0.25, -0.2) is 0 Å². The summed E-state index contributed by atoms with van der Waals surface area (Å²) in [4.78, 5) is 32.1. The molecule has 0 radical (unpaired) electrons. The van der Waals surface area contributed by atoms with Crippen LogP contribution in [-0.4, -0.2) is 35.5 Å². The van der Waals surface area contributed by atoms with Crippen molar-refractivity contribution in [2.24, 2.45) is 16.1 Å². The number of hydrogen-bond donors (Lipinski definition) is 1. The second kappa shape index (κ2) is 6.27. The maximum atomic E-state index is 13.6. The molecule has 2 amide bonds. The first-order chi connectivity index (χ1) is 14.2. The highest BCUT2D eigenvalue weighted by atomic mass is 16.2. The average Bonchev–Trinajstić information content (AvgIpc) is 3.17. The van der Waals surface area contributed by atoms with Crippen LogP contribution in [0.15, 0.2) is 41.4 Å². The van der Waals surface area contributed by atoms with E-state index in [2.05, 4.69) is 31.8 Å². The highest BCUT2D eigenvalue weighted by Gasteiger charge is 2.57. The Morgan fingerprint density at radius 3 is 2.73 bits per heavy atom. The van der Waals surface area contributed by atoms with Gasteiger partial charge in [-0.15, -0.1) is 0 Å². The SMILES string of the molecule is CC1(C)[C@H]2Cc3c(C(N)=O)cccc3[C@]1(C)CCN2C(=O)c1ccc2c(c1)CC=N2. The topological polar surface area (TPSA) is 75.8 Å². The molecule has 2 aliphatic heterocycles. The monoisotopic (exact) mass is 401 g/mol. The van der Waals surface area contributed by atoms with Crippen molar-refractivity contribution in [2.75, 3.05) is 6.54 Å². The summed E-state index contributed by atoms with van der Waals surface area (Å²) >= 11 is 0. The lowest BCUT2D eigenvalue weighted by Crippen LogP contribution is -2.65. The molecule has 0 aromatic heterocycles. The van der Waals surface area contributed by atoms with Crippen molar-refractivity contribution in [2.45, 2.75) is 51.5 Å². The number of carbonyl (C=O) groups excluding carboxylic acids is 2. The number of primary amides is 1. The van der Waals surface area contributed by atoms with E-state index in [1.165, 1.54) is 5.56 Å². The molecule has 0 unspecified atom stereocenters. The Balaban J connectivity index is 1.58. The average molecular weight is 402 g/mol. The minimum Gasteiger partial charge on any atom is -0.366 e. The van der Waals surface area contributed by atoms with E-state index < -0.39 is 5.91 Å². The van der Waals surface area contributed by atoms with Crippen LogP contribution in [0.25, 0.3) is 0 Å². The van der Waals surface area contributed by atoms with Crippen molar-refractivity contribution in [3.05, 3.63) is 64.2 Å². The van der Waals surface area contributed by atoms with E-state index in [-0.39, 0.29) is 22.8 Å². The van der Waals surface area contributed by atoms with Crippen LogP contribution in [-0.2, 0) is 18.3 Å². The van der Waals surface area contributed by atoms with Crippen molar-refractivity contribution in [3.63, 3.8) is 0 Å². The predicted octanol–water partition coefficient (Wildman–Crippen LogP) is 3.80. The number of hydrogen-bond acceptors (Lipinski definition) is 3. The molecule has 1 aliphatic carbocycles. The molecule has 2 aromatic rings. The van der Waals surface area contributed by atoms with Gasteiger partial charge < -0.3 is 10.6 Å². The van der Waals surface area contributed by atoms with Crippen LogP contribution in [0.4, 0.5) is 5.69 Å². The Morgan fingerprint density at radius 1 is 1.17 bits per heavy atom. The molecule has 3 aliphatic rings. The number of fused-ring (bicyclic) bond motifs is 5. The minimum absolute atomic E-state index is 0.00116. The number of likely N-dealkylation sites (tertiary alicyclic amines) is 1. The first kappa shape index (κ1) is 19.0. The maximum Gasteiger partial charge on any atom is 0.254 e. The number of piperidine rings is 1. The van der Waals surface area contributed by atoms with Gasteiger partial charge in [0.25, 0.3) is 5.91 Å². The molecule has 2 atom stereocenters. The van der Waals surface area contributed by atoms with Crippen molar-refractivity contribution in [1.82, 2.24) is 4.90 Å². The molecule has 5 heteroatoms. The zero-order valence-electron chi connectivity index (χ0n) is 17.7. The fraction of sp³-hybridized carbons (Fsp3) is 0.400. The van der Waals surface area contributed by atoms with Crippen LogP contribution in [0, 0.1) is 5.41 Å². The summed E-state index contributed by atoms with van der Waals surface area (Å²) < 4.78 is 0. The molecule has 1 saturated heterocycles. The van der Waals surface area contributed by atoms with Gasteiger partial charge in [-0.2, -0.15) is 0 Å². The molecule has 2 heterocycles. The molecule has 0 spiro atoms. The summed E-state index contributed by atoms with van der Waals surface area (Å²) in [5, 5.41) is 0. The Hall–Kier alpha value is -2.95. The third-order valence-corrected chi connectivity index (χ3v) is 8.05. The van der Waals surface area contributed by atoms with E-state index >= 15 is 0 Å². The number of carbonyl (C=O) groups is 2. The van der Waals surface area contributed by atoms with Gasteiger partial charge in [-0.05, 0) is 59.2 Å². The smallest absolute Gasteiger partial charge is 0.254 e. The van der Waals surface area contributed by atoms with Gasteiger partial charge in [0.05, 0.1) is 5.69 Å². The Bertz CT molecular complexity index is 1120. The molecule has 5 rings (SSSR count). The van der Waals surface area contributed by atoms with E-state index in [0.29, 0.717) is 24.1 Å². The summed E-state index contributed by atoms with van der Waals surface area (Å²) in [6, 6.07) is 11.7. The molecular formula is C25H27N3O2. The van der Waals surface area contributed by atoms with Crippen molar-refractivity contribution in [3.8, 4) is 0 Å². The molecule has 0 saturated carbocycles. The van der Waals surface area contributed by atoms with Gasteiger partial charge in [0, 0.05) is 41.8 Å². The molecule has 30 heavy (non-hydrogen) atoms. The Labute approximate surface area is 177 Å².